The van der Waals surface area contributed by atoms with Crippen LogP contribution in [0.2, 0.25) is 0 Å². The monoisotopic (exact) mass is 366 g/mol. The van der Waals surface area contributed by atoms with E-state index in [0.717, 1.165) is 58.0 Å². The number of likely N-dealkylation sites (tertiary alicyclic amines) is 1. The van der Waals surface area contributed by atoms with E-state index in [4.69, 9.17) is 5.73 Å². The summed E-state index contributed by atoms with van der Waals surface area (Å²) in [6.45, 7) is 4.42. The number of carbonyl (C=O) groups excluding carboxylic acids is 2. The molecule has 0 radical (unpaired) electrons. The molecule has 1 heterocycles. The maximum absolute atomic E-state index is 12.3. The first-order chi connectivity index (χ1) is 12.6. The SMILES string of the molecule is CC(N)C1CCCN(C(=O)CCCCCNC(=O)NC2CCCCC2)C1. The van der Waals surface area contributed by atoms with Gasteiger partial charge in [-0.2, -0.15) is 0 Å². The standard InChI is InChI=1S/C20H38N4O2/c1-16(21)17-9-8-14-24(15-17)19(25)12-6-3-7-13-22-20(26)23-18-10-4-2-5-11-18/h16-18H,2-15,21H2,1H3,(H2,22,23,26). The Bertz CT molecular complexity index is 436. The molecule has 150 valence electrons. The van der Waals surface area contributed by atoms with Crippen LogP contribution in [0.1, 0.15) is 77.6 Å². The third-order valence-corrected chi connectivity index (χ3v) is 5.85. The van der Waals surface area contributed by atoms with Crippen LogP contribution in [-0.4, -0.2) is 48.6 Å². The average Bonchev–Trinajstić information content (AvgIpc) is 2.65. The van der Waals surface area contributed by atoms with E-state index in [1.165, 1.54) is 19.3 Å². The molecule has 1 aliphatic carbocycles. The van der Waals surface area contributed by atoms with Crippen molar-refractivity contribution in [3.05, 3.63) is 0 Å². The molecule has 1 saturated heterocycles. The Kier molecular flexibility index (Phi) is 9.23. The van der Waals surface area contributed by atoms with Crippen molar-refractivity contribution < 1.29 is 9.59 Å². The zero-order valence-corrected chi connectivity index (χ0v) is 16.5. The van der Waals surface area contributed by atoms with Gasteiger partial charge in [0.05, 0.1) is 0 Å². The normalized spacial score (nSPS) is 22.7. The number of nitrogens with one attached hydrogen (secondary N) is 2. The van der Waals surface area contributed by atoms with Crippen LogP contribution < -0.4 is 16.4 Å². The lowest BCUT2D eigenvalue weighted by Gasteiger charge is -2.34. The third-order valence-electron chi connectivity index (χ3n) is 5.85. The summed E-state index contributed by atoms with van der Waals surface area (Å²) in [5.41, 5.74) is 5.99. The predicted octanol–water partition coefficient (Wildman–Crippen LogP) is 2.76. The zero-order chi connectivity index (χ0) is 18.8. The smallest absolute Gasteiger partial charge is 0.315 e. The molecule has 3 amide bonds. The molecule has 1 aliphatic heterocycles. The van der Waals surface area contributed by atoms with Gasteiger partial charge in [0.25, 0.3) is 0 Å². The Balaban J connectivity index is 1.49. The second-order valence-electron chi connectivity index (χ2n) is 8.15. The molecule has 4 N–H and O–H groups in total. The number of rotatable bonds is 8. The van der Waals surface area contributed by atoms with Crippen molar-refractivity contribution in [3.63, 3.8) is 0 Å². The van der Waals surface area contributed by atoms with Gasteiger partial charge in [-0.05, 0) is 51.4 Å². The van der Waals surface area contributed by atoms with E-state index in [2.05, 4.69) is 10.6 Å². The first-order valence-corrected chi connectivity index (χ1v) is 10.6. The lowest BCUT2D eigenvalue weighted by molar-refractivity contribution is -0.133. The highest BCUT2D eigenvalue weighted by Crippen LogP contribution is 2.20. The zero-order valence-electron chi connectivity index (χ0n) is 16.5. The molecule has 0 spiro atoms. The topological polar surface area (TPSA) is 87.5 Å². The predicted molar refractivity (Wildman–Crippen MR) is 105 cm³/mol. The van der Waals surface area contributed by atoms with Gasteiger partial charge in [-0.25, -0.2) is 4.79 Å². The van der Waals surface area contributed by atoms with Gasteiger partial charge in [-0.1, -0.05) is 25.7 Å². The van der Waals surface area contributed by atoms with E-state index in [-0.39, 0.29) is 18.0 Å². The van der Waals surface area contributed by atoms with Gasteiger partial charge >= 0.3 is 6.03 Å². The molecule has 1 saturated carbocycles. The van der Waals surface area contributed by atoms with E-state index in [0.29, 0.717) is 24.9 Å². The van der Waals surface area contributed by atoms with Crippen LogP contribution in [0.3, 0.4) is 0 Å². The largest absolute Gasteiger partial charge is 0.342 e. The van der Waals surface area contributed by atoms with Crippen LogP contribution in [0.15, 0.2) is 0 Å². The van der Waals surface area contributed by atoms with E-state index in [1.54, 1.807) is 0 Å². The van der Waals surface area contributed by atoms with Crippen molar-refractivity contribution in [2.75, 3.05) is 19.6 Å². The number of urea groups is 1. The van der Waals surface area contributed by atoms with Gasteiger partial charge in [0.2, 0.25) is 5.91 Å². The van der Waals surface area contributed by atoms with Crippen LogP contribution in [0.4, 0.5) is 4.79 Å². The number of hydrogen-bond acceptors (Lipinski definition) is 3. The molecule has 6 heteroatoms. The summed E-state index contributed by atoms with van der Waals surface area (Å²) in [7, 11) is 0. The van der Waals surface area contributed by atoms with Crippen molar-refractivity contribution in [1.82, 2.24) is 15.5 Å². The number of amides is 3. The quantitative estimate of drug-likeness (QED) is 0.577. The van der Waals surface area contributed by atoms with Crippen molar-refractivity contribution in [2.45, 2.75) is 89.6 Å². The summed E-state index contributed by atoms with van der Waals surface area (Å²) in [4.78, 5) is 26.2. The highest BCUT2D eigenvalue weighted by atomic mass is 16.2. The third kappa shape index (κ3) is 7.52. The number of carbonyl (C=O) groups is 2. The molecule has 6 nitrogen and oxygen atoms in total. The molecule has 2 fully saturated rings. The van der Waals surface area contributed by atoms with Gasteiger partial charge in [-0.3, -0.25) is 4.79 Å². The Hall–Kier alpha value is -1.30. The minimum Gasteiger partial charge on any atom is -0.342 e. The van der Waals surface area contributed by atoms with Crippen LogP contribution >= 0.6 is 0 Å². The number of nitrogens with two attached hydrogens (primary N) is 1. The van der Waals surface area contributed by atoms with Gasteiger partial charge < -0.3 is 21.3 Å². The first-order valence-electron chi connectivity index (χ1n) is 10.6. The van der Waals surface area contributed by atoms with E-state index >= 15 is 0 Å². The molecule has 0 aromatic carbocycles. The van der Waals surface area contributed by atoms with Crippen LogP contribution in [0.25, 0.3) is 0 Å². The Labute approximate surface area is 158 Å². The summed E-state index contributed by atoms with van der Waals surface area (Å²) in [6, 6.07) is 0.477. The molecule has 0 aromatic heterocycles. The second kappa shape index (κ2) is 11.4. The molecule has 0 aromatic rings. The molecule has 2 aliphatic rings. The fraction of sp³-hybridized carbons (Fsp3) is 0.900. The summed E-state index contributed by atoms with van der Waals surface area (Å²) in [6.07, 6.45) is 11.6. The maximum atomic E-state index is 12.3. The fourth-order valence-corrected chi connectivity index (χ4v) is 4.09. The van der Waals surface area contributed by atoms with Gasteiger partial charge in [0.15, 0.2) is 0 Å². The Morgan fingerprint density at radius 1 is 1.08 bits per heavy atom. The summed E-state index contributed by atoms with van der Waals surface area (Å²) >= 11 is 0. The Morgan fingerprint density at radius 2 is 1.85 bits per heavy atom. The molecule has 2 rings (SSSR count). The highest BCUT2D eigenvalue weighted by molar-refractivity contribution is 5.76. The second-order valence-corrected chi connectivity index (χ2v) is 8.15. The van der Waals surface area contributed by atoms with Crippen LogP contribution in [0, 0.1) is 5.92 Å². The van der Waals surface area contributed by atoms with Crippen molar-refractivity contribution in [3.8, 4) is 0 Å². The molecular formula is C20H38N4O2. The number of hydrogen-bond donors (Lipinski definition) is 3. The highest BCUT2D eigenvalue weighted by Gasteiger charge is 2.25. The minimum absolute atomic E-state index is 0.0387. The van der Waals surface area contributed by atoms with Crippen molar-refractivity contribution in [1.29, 1.82) is 0 Å². The fourth-order valence-electron chi connectivity index (χ4n) is 4.09. The minimum atomic E-state index is -0.0387. The number of unbranched alkanes of at least 4 members (excludes halogenated alkanes) is 2. The summed E-state index contributed by atoms with van der Waals surface area (Å²) < 4.78 is 0. The lowest BCUT2D eigenvalue weighted by Crippen LogP contribution is -2.45. The molecule has 26 heavy (non-hydrogen) atoms. The lowest BCUT2D eigenvalue weighted by atomic mass is 9.92. The first kappa shape index (κ1) is 21.0. The van der Waals surface area contributed by atoms with Crippen molar-refractivity contribution in [2.24, 2.45) is 11.7 Å². The Morgan fingerprint density at radius 3 is 2.58 bits per heavy atom. The van der Waals surface area contributed by atoms with E-state index < -0.39 is 0 Å². The number of nitrogens with zero attached hydrogens (tertiary/aromatic N) is 1. The van der Waals surface area contributed by atoms with E-state index in [9.17, 15) is 9.59 Å². The van der Waals surface area contributed by atoms with Gasteiger partial charge in [-0.15, -0.1) is 0 Å². The molecule has 2 unspecified atom stereocenters. The van der Waals surface area contributed by atoms with Gasteiger partial charge in [0.1, 0.15) is 0 Å². The molecule has 2 atom stereocenters. The van der Waals surface area contributed by atoms with E-state index in [1.807, 2.05) is 11.8 Å². The average molecular weight is 367 g/mol. The molecular weight excluding hydrogens is 328 g/mol. The van der Waals surface area contributed by atoms with Crippen molar-refractivity contribution >= 4 is 11.9 Å². The van der Waals surface area contributed by atoms with Gasteiger partial charge in [0, 0.05) is 38.1 Å². The summed E-state index contributed by atoms with van der Waals surface area (Å²) in [5, 5.41) is 6.00. The summed E-state index contributed by atoms with van der Waals surface area (Å²) in [5.74, 6) is 0.706. The van der Waals surface area contributed by atoms with Crippen LogP contribution in [-0.2, 0) is 4.79 Å². The maximum Gasteiger partial charge on any atom is 0.315 e. The number of piperidine rings is 1. The van der Waals surface area contributed by atoms with Crippen LogP contribution in [0.5, 0.6) is 0 Å². The molecule has 0 bridgehead atoms.